The SMILES string of the molecule is C=CCc1cccc2cc(C(=O)Nc3cc(OC)ccc3OC)c(=O)oc12. The number of para-hydroxylation sites is 1. The number of hydrogen-bond acceptors (Lipinski definition) is 5. The number of amides is 1. The van der Waals surface area contributed by atoms with Gasteiger partial charge in [0, 0.05) is 11.5 Å². The summed E-state index contributed by atoms with van der Waals surface area (Å²) in [4.78, 5) is 25.1. The monoisotopic (exact) mass is 365 g/mol. The van der Waals surface area contributed by atoms with Crippen molar-refractivity contribution in [1.82, 2.24) is 0 Å². The molecule has 3 aromatic rings. The van der Waals surface area contributed by atoms with Gasteiger partial charge in [-0.1, -0.05) is 24.3 Å². The minimum atomic E-state index is -0.710. The molecule has 3 rings (SSSR count). The van der Waals surface area contributed by atoms with Crippen LogP contribution in [0.5, 0.6) is 11.5 Å². The second kappa shape index (κ2) is 7.78. The summed E-state index contributed by atoms with van der Waals surface area (Å²) in [6, 6.07) is 12.0. The normalized spacial score (nSPS) is 10.4. The van der Waals surface area contributed by atoms with E-state index in [0.29, 0.717) is 34.6 Å². The van der Waals surface area contributed by atoms with Crippen LogP contribution in [0.15, 0.2) is 64.3 Å². The predicted molar refractivity (Wildman–Crippen MR) is 104 cm³/mol. The molecule has 1 heterocycles. The molecule has 0 atom stereocenters. The van der Waals surface area contributed by atoms with E-state index in [9.17, 15) is 9.59 Å². The number of rotatable bonds is 6. The molecule has 138 valence electrons. The van der Waals surface area contributed by atoms with E-state index in [2.05, 4.69) is 11.9 Å². The molecule has 6 heteroatoms. The van der Waals surface area contributed by atoms with Crippen molar-refractivity contribution in [3.05, 3.63) is 76.7 Å². The maximum Gasteiger partial charge on any atom is 0.349 e. The van der Waals surface area contributed by atoms with Gasteiger partial charge < -0.3 is 19.2 Å². The zero-order valence-corrected chi connectivity index (χ0v) is 15.1. The molecule has 0 spiro atoms. The summed E-state index contributed by atoms with van der Waals surface area (Å²) in [5.41, 5.74) is 0.877. The molecule has 0 saturated heterocycles. The molecule has 0 unspecified atom stereocenters. The van der Waals surface area contributed by atoms with Gasteiger partial charge in [-0.05, 0) is 30.2 Å². The van der Waals surface area contributed by atoms with Crippen LogP contribution in [0.3, 0.4) is 0 Å². The molecule has 0 bridgehead atoms. The molecule has 27 heavy (non-hydrogen) atoms. The highest BCUT2D eigenvalue weighted by Gasteiger charge is 2.17. The number of hydrogen-bond donors (Lipinski definition) is 1. The summed E-state index contributed by atoms with van der Waals surface area (Å²) in [5.74, 6) is 0.402. The van der Waals surface area contributed by atoms with Gasteiger partial charge in [-0.2, -0.15) is 0 Å². The first-order valence-electron chi connectivity index (χ1n) is 8.27. The average Bonchev–Trinajstić information content (AvgIpc) is 2.68. The Morgan fingerprint density at radius 1 is 1.19 bits per heavy atom. The van der Waals surface area contributed by atoms with Crippen LogP contribution in [0.25, 0.3) is 11.0 Å². The van der Waals surface area contributed by atoms with Crippen LogP contribution in [0.4, 0.5) is 5.69 Å². The number of carbonyl (C=O) groups excluding carboxylic acids is 1. The van der Waals surface area contributed by atoms with Crippen LogP contribution in [-0.2, 0) is 6.42 Å². The summed E-state index contributed by atoms with van der Waals surface area (Å²) in [6.45, 7) is 3.70. The zero-order chi connectivity index (χ0) is 19.4. The van der Waals surface area contributed by atoms with Crippen molar-refractivity contribution < 1.29 is 18.7 Å². The van der Waals surface area contributed by atoms with E-state index in [1.807, 2.05) is 12.1 Å². The Morgan fingerprint density at radius 2 is 2.00 bits per heavy atom. The molecular weight excluding hydrogens is 346 g/mol. The van der Waals surface area contributed by atoms with Crippen molar-refractivity contribution in [2.75, 3.05) is 19.5 Å². The summed E-state index contributed by atoms with van der Waals surface area (Å²) in [5, 5.41) is 3.34. The molecule has 0 radical (unpaired) electrons. The van der Waals surface area contributed by atoms with Crippen molar-refractivity contribution in [2.45, 2.75) is 6.42 Å². The van der Waals surface area contributed by atoms with E-state index >= 15 is 0 Å². The highest BCUT2D eigenvalue weighted by molar-refractivity contribution is 6.06. The Morgan fingerprint density at radius 3 is 2.70 bits per heavy atom. The fraction of sp³-hybridized carbons (Fsp3) is 0.143. The van der Waals surface area contributed by atoms with Crippen LogP contribution >= 0.6 is 0 Å². The van der Waals surface area contributed by atoms with Gasteiger partial charge in [0.25, 0.3) is 5.91 Å². The van der Waals surface area contributed by atoms with E-state index in [1.54, 1.807) is 30.3 Å². The highest BCUT2D eigenvalue weighted by Crippen LogP contribution is 2.29. The smallest absolute Gasteiger partial charge is 0.349 e. The van der Waals surface area contributed by atoms with Gasteiger partial charge in [0.2, 0.25) is 0 Å². The molecule has 0 aliphatic heterocycles. The van der Waals surface area contributed by atoms with E-state index < -0.39 is 11.5 Å². The molecule has 2 aromatic carbocycles. The molecular formula is C21H19NO5. The molecule has 0 fully saturated rings. The molecule has 1 amide bonds. The van der Waals surface area contributed by atoms with Gasteiger partial charge >= 0.3 is 5.63 Å². The van der Waals surface area contributed by atoms with Crippen molar-refractivity contribution in [3.63, 3.8) is 0 Å². The molecule has 1 N–H and O–H groups in total. The third-order valence-electron chi connectivity index (χ3n) is 4.11. The van der Waals surface area contributed by atoms with Gasteiger partial charge in [-0.25, -0.2) is 4.79 Å². The van der Waals surface area contributed by atoms with E-state index in [-0.39, 0.29) is 5.56 Å². The number of fused-ring (bicyclic) bond motifs is 1. The number of allylic oxidation sites excluding steroid dienone is 1. The van der Waals surface area contributed by atoms with Crippen LogP contribution < -0.4 is 20.4 Å². The quantitative estimate of drug-likeness (QED) is 0.531. The summed E-state index contributed by atoms with van der Waals surface area (Å²) in [6.07, 6.45) is 2.29. The summed E-state index contributed by atoms with van der Waals surface area (Å²) in [7, 11) is 3.01. The Hall–Kier alpha value is -3.54. The molecule has 6 nitrogen and oxygen atoms in total. The van der Waals surface area contributed by atoms with Gasteiger partial charge in [0.15, 0.2) is 0 Å². The van der Waals surface area contributed by atoms with Crippen molar-refractivity contribution in [2.24, 2.45) is 0 Å². The molecule has 0 saturated carbocycles. The number of nitrogens with one attached hydrogen (secondary N) is 1. The second-order valence-electron chi connectivity index (χ2n) is 5.80. The summed E-state index contributed by atoms with van der Waals surface area (Å²) < 4.78 is 15.8. The topological polar surface area (TPSA) is 77.8 Å². The Kier molecular flexibility index (Phi) is 5.26. The first-order valence-corrected chi connectivity index (χ1v) is 8.27. The Balaban J connectivity index is 2.00. The number of anilines is 1. The maximum absolute atomic E-state index is 12.7. The average molecular weight is 365 g/mol. The van der Waals surface area contributed by atoms with Gasteiger partial charge in [-0.3, -0.25) is 4.79 Å². The second-order valence-corrected chi connectivity index (χ2v) is 5.80. The number of ether oxygens (including phenoxy) is 2. The van der Waals surface area contributed by atoms with Gasteiger partial charge in [-0.15, -0.1) is 6.58 Å². The van der Waals surface area contributed by atoms with Gasteiger partial charge in [0.1, 0.15) is 22.6 Å². The minimum Gasteiger partial charge on any atom is -0.497 e. The standard InChI is InChI=1S/C21H19NO5/c1-4-6-13-7-5-8-14-11-16(21(24)27-19(13)14)20(23)22-17-12-15(25-2)9-10-18(17)26-3/h4-5,7-12H,1,6H2,2-3H3,(H,22,23). The number of methoxy groups -OCH3 is 2. The third-order valence-corrected chi connectivity index (χ3v) is 4.11. The largest absolute Gasteiger partial charge is 0.497 e. The fourth-order valence-electron chi connectivity index (χ4n) is 2.78. The molecule has 0 aliphatic rings. The van der Waals surface area contributed by atoms with Crippen molar-refractivity contribution in [3.8, 4) is 11.5 Å². The lowest BCUT2D eigenvalue weighted by molar-refractivity contribution is 0.102. The zero-order valence-electron chi connectivity index (χ0n) is 15.1. The lowest BCUT2D eigenvalue weighted by Crippen LogP contribution is -2.21. The van der Waals surface area contributed by atoms with Crippen LogP contribution in [0.2, 0.25) is 0 Å². The Labute approximate surface area is 156 Å². The summed E-state index contributed by atoms with van der Waals surface area (Å²) >= 11 is 0. The van der Waals surface area contributed by atoms with Gasteiger partial charge in [0.05, 0.1) is 19.9 Å². The van der Waals surface area contributed by atoms with Crippen LogP contribution in [-0.4, -0.2) is 20.1 Å². The third kappa shape index (κ3) is 3.69. The Bertz CT molecular complexity index is 1070. The van der Waals surface area contributed by atoms with Crippen LogP contribution in [0.1, 0.15) is 15.9 Å². The van der Waals surface area contributed by atoms with Crippen molar-refractivity contribution in [1.29, 1.82) is 0 Å². The lowest BCUT2D eigenvalue weighted by atomic mass is 10.1. The first-order chi connectivity index (χ1) is 13.1. The first kappa shape index (κ1) is 18.3. The maximum atomic E-state index is 12.7. The fourth-order valence-corrected chi connectivity index (χ4v) is 2.78. The van der Waals surface area contributed by atoms with Crippen molar-refractivity contribution >= 4 is 22.6 Å². The predicted octanol–water partition coefficient (Wildman–Crippen LogP) is 3.79. The van der Waals surface area contributed by atoms with E-state index in [1.165, 1.54) is 20.3 Å². The number of carbonyl (C=O) groups is 1. The number of benzene rings is 2. The van der Waals surface area contributed by atoms with E-state index in [4.69, 9.17) is 13.9 Å². The lowest BCUT2D eigenvalue weighted by Gasteiger charge is -2.12. The van der Waals surface area contributed by atoms with Crippen LogP contribution in [0, 0.1) is 0 Å². The minimum absolute atomic E-state index is 0.0943. The molecule has 0 aliphatic carbocycles. The van der Waals surface area contributed by atoms with E-state index in [0.717, 1.165) is 5.56 Å². The highest BCUT2D eigenvalue weighted by atomic mass is 16.5. The molecule has 1 aromatic heterocycles.